The van der Waals surface area contributed by atoms with Gasteiger partial charge in [0.25, 0.3) is 0 Å². The normalized spacial score (nSPS) is 11.8. The van der Waals surface area contributed by atoms with Crippen molar-refractivity contribution in [2.45, 2.75) is 36.7 Å². The van der Waals surface area contributed by atoms with Crippen LogP contribution in [0.5, 0.6) is 17.2 Å². The second-order valence-corrected chi connectivity index (χ2v) is 9.01. The molecule has 38 heavy (non-hydrogen) atoms. The minimum Gasteiger partial charge on any atom is -0.469 e. The fraction of sp³-hybridized carbons (Fsp3) is 0.259. The van der Waals surface area contributed by atoms with Crippen LogP contribution in [-0.4, -0.2) is 37.3 Å². The van der Waals surface area contributed by atoms with Crippen LogP contribution in [0.15, 0.2) is 83.8 Å². The maximum atomic E-state index is 12.3. The van der Waals surface area contributed by atoms with Gasteiger partial charge < -0.3 is 24.3 Å². The molecule has 0 heterocycles. The van der Waals surface area contributed by atoms with E-state index in [1.54, 1.807) is 12.1 Å². The summed E-state index contributed by atoms with van der Waals surface area (Å²) >= 11 is 1.47. The van der Waals surface area contributed by atoms with Crippen molar-refractivity contribution in [3.63, 3.8) is 0 Å². The number of carbonyl (C=O) groups is 2. The van der Waals surface area contributed by atoms with E-state index in [0.717, 1.165) is 10.5 Å². The summed E-state index contributed by atoms with van der Waals surface area (Å²) in [6.07, 6.45) is -4.83. The number of hydrogen-bond acceptors (Lipinski definition) is 7. The van der Waals surface area contributed by atoms with Crippen LogP contribution in [0.4, 0.5) is 18.0 Å². The number of benzene rings is 3. The molecule has 1 N–H and O–H groups in total. The molecule has 1 atom stereocenters. The number of halogens is 3. The summed E-state index contributed by atoms with van der Waals surface area (Å²) in [5.41, 5.74) is 0.857. The van der Waals surface area contributed by atoms with E-state index in [2.05, 4.69) is 10.1 Å². The molecule has 11 heteroatoms. The van der Waals surface area contributed by atoms with Gasteiger partial charge in [0.05, 0.1) is 7.11 Å². The van der Waals surface area contributed by atoms with Gasteiger partial charge in [0.2, 0.25) is 0 Å². The van der Waals surface area contributed by atoms with Gasteiger partial charge in [-0.2, -0.15) is 0 Å². The first-order valence-corrected chi connectivity index (χ1v) is 12.5. The Morgan fingerprint density at radius 3 is 2.11 bits per heavy atom. The minimum atomic E-state index is -4.76. The van der Waals surface area contributed by atoms with E-state index in [4.69, 9.17) is 14.2 Å². The number of methoxy groups -OCH3 is 1. The Morgan fingerprint density at radius 2 is 1.50 bits per heavy atom. The second-order valence-electron chi connectivity index (χ2n) is 7.92. The lowest BCUT2D eigenvalue weighted by Gasteiger charge is -2.18. The van der Waals surface area contributed by atoms with E-state index in [0.29, 0.717) is 23.7 Å². The Hall–Kier alpha value is -3.86. The van der Waals surface area contributed by atoms with Gasteiger partial charge in [0.15, 0.2) is 0 Å². The summed E-state index contributed by atoms with van der Waals surface area (Å²) in [5.74, 6) is 0.595. The number of ether oxygens (including phenoxy) is 4. The average molecular weight is 550 g/mol. The third kappa shape index (κ3) is 10.6. The molecule has 202 valence electrons. The number of nitrogens with one attached hydrogen (secondary N) is 1. The number of carbonyl (C=O) groups excluding carboxylic acids is 2. The van der Waals surface area contributed by atoms with Crippen LogP contribution in [-0.2, 0) is 20.9 Å². The van der Waals surface area contributed by atoms with Gasteiger partial charge in [-0.15, -0.1) is 24.9 Å². The molecule has 0 radical (unpaired) electrons. The van der Waals surface area contributed by atoms with Crippen molar-refractivity contribution in [3.8, 4) is 17.2 Å². The van der Waals surface area contributed by atoms with Crippen LogP contribution in [0, 0.1) is 0 Å². The van der Waals surface area contributed by atoms with Crippen molar-refractivity contribution < 1.29 is 41.7 Å². The smallest absolute Gasteiger partial charge is 0.469 e. The van der Waals surface area contributed by atoms with Crippen molar-refractivity contribution >= 4 is 23.8 Å². The molecule has 0 aliphatic carbocycles. The van der Waals surface area contributed by atoms with Gasteiger partial charge >= 0.3 is 18.4 Å². The predicted molar refractivity (Wildman–Crippen MR) is 135 cm³/mol. The first kappa shape index (κ1) is 28.7. The lowest BCUT2D eigenvalue weighted by atomic mass is 10.2. The van der Waals surface area contributed by atoms with Gasteiger partial charge in [0.1, 0.15) is 23.9 Å². The molecular formula is C27H26F3NO6S. The summed E-state index contributed by atoms with van der Waals surface area (Å²) in [6, 6.07) is 21.1. The molecule has 0 aliphatic heterocycles. The highest BCUT2D eigenvalue weighted by molar-refractivity contribution is 7.99. The Labute approximate surface area is 222 Å². The molecule has 0 aliphatic rings. The monoisotopic (exact) mass is 549 g/mol. The van der Waals surface area contributed by atoms with Crippen LogP contribution in [0.2, 0.25) is 0 Å². The molecule has 1 unspecified atom stereocenters. The summed E-state index contributed by atoms with van der Waals surface area (Å²) < 4.78 is 56.4. The number of rotatable bonds is 12. The molecule has 0 aromatic heterocycles. The molecule has 3 aromatic carbocycles. The Balaban J connectivity index is 1.51. The van der Waals surface area contributed by atoms with Crippen molar-refractivity contribution in [1.29, 1.82) is 0 Å². The molecule has 7 nitrogen and oxygen atoms in total. The molecule has 0 spiro atoms. The second kappa shape index (κ2) is 14.2. The third-order valence-corrected chi connectivity index (χ3v) is 6.20. The van der Waals surface area contributed by atoms with Gasteiger partial charge in [-0.3, -0.25) is 4.79 Å². The first-order valence-electron chi connectivity index (χ1n) is 11.5. The zero-order chi connectivity index (χ0) is 27.4. The van der Waals surface area contributed by atoms with Gasteiger partial charge in [-0.1, -0.05) is 30.3 Å². The lowest BCUT2D eigenvalue weighted by Crippen LogP contribution is -2.37. The van der Waals surface area contributed by atoms with Crippen LogP contribution in [0.1, 0.15) is 18.4 Å². The minimum absolute atomic E-state index is 0.128. The Kier molecular flexibility index (Phi) is 10.7. The fourth-order valence-corrected chi connectivity index (χ4v) is 4.14. The van der Waals surface area contributed by atoms with E-state index in [1.165, 1.54) is 43.1 Å². The molecule has 0 bridgehead atoms. The topological polar surface area (TPSA) is 83.1 Å². The van der Waals surface area contributed by atoms with Crippen molar-refractivity contribution in [2.24, 2.45) is 0 Å². The summed E-state index contributed by atoms with van der Waals surface area (Å²) in [5, 5.41) is 2.80. The van der Waals surface area contributed by atoms with Crippen molar-refractivity contribution in [2.75, 3.05) is 12.9 Å². The molecule has 3 rings (SSSR count). The third-order valence-electron chi connectivity index (χ3n) is 5.03. The molecular weight excluding hydrogens is 523 g/mol. The average Bonchev–Trinajstić information content (AvgIpc) is 2.90. The lowest BCUT2D eigenvalue weighted by molar-refractivity contribution is -0.274. The Bertz CT molecular complexity index is 1160. The molecule has 0 fully saturated rings. The first-order chi connectivity index (χ1) is 18.2. The zero-order valence-corrected chi connectivity index (χ0v) is 21.2. The quantitative estimate of drug-likeness (QED) is 0.198. The maximum Gasteiger partial charge on any atom is 0.573 e. The fourth-order valence-electron chi connectivity index (χ4n) is 3.17. The predicted octanol–water partition coefficient (Wildman–Crippen LogP) is 6.72. The summed E-state index contributed by atoms with van der Waals surface area (Å²) in [7, 11) is 1.31. The number of esters is 1. The van der Waals surface area contributed by atoms with Crippen LogP contribution in [0.3, 0.4) is 0 Å². The number of alkyl carbamates (subject to hydrolysis) is 1. The van der Waals surface area contributed by atoms with Crippen molar-refractivity contribution in [1.82, 2.24) is 5.32 Å². The van der Waals surface area contributed by atoms with E-state index in [9.17, 15) is 22.8 Å². The van der Waals surface area contributed by atoms with E-state index < -0.39 is 12.5 Å². The molecule has 3 aromatic rings. The summed E-state index contributed by atoms with van der Waals surface area (Å²) in [4.78, 5) is 24.8. The van der Waals surface area contributed by atoms with Gasteiger partial charge in [0, 0.05) is 23.1 Å². The standard InChI is InChI=1S/C27H26F3NO6S/c1-34-25(32)16-7-20(31-26(33)35-17-19-5-3-2-4-6-19)18-38-24-14-12-22(13-15-24)36-21-8-10-23(11-9-21)37-27(28,29)30/h2-6,8-15,20H,7,16-18H2,1H3,(H,31,33). The number of hydrogen-bond donors (Lipinski definition) is 1. The maximum absolute atomic E-state index is 12.3. The Morgan fingerprint density at radius 1 is 0.895 bits per heavy atom. The number of amides is 1. The van der Waals surface area contributed by atoms with Crippen LogP contribution in [0.25, 0.3) is 0 Å². The molecule has 1 amide bonds. The van der Waals surface area contributed by atoms with Gasteiger partial charge in [-0.25, -0.2) is 4.79 Å². The van der Waals surface area contributed by atoms with Crippen LogP contribution >= 0.6 is 11.8 Å². The van der Waals surface area contributed by atoms with E-state index in [-0.39, 0.29) is 30.8 Å². The molecule has 0 saturated heterocycles. The van der Waals surface area contributed by atoms with E-state index >= 15 is 0 Å². The largest absolute Gasteiger partial charge is 0.573 e. The highest BCUT2D eigenvalue weighted by Crippen LogP contribution is 2.29. The highest BCUT2D eigenvalue weighted by Gasteiger charge is 2.31. The zero-order valence-electron chi connectivity index (χ0n) is 20.4. The summed E-state index contributed by atoms with van der Waals surface area (Å²) in [6.45, 7) is 0.128. The number of thioether (sulfide) groups is 1. The van der Waals surface area contributed by atoms with Gasteiger partial charge in [-0.05, 0) is 60.5 Å². The SMILES string of the molecule is COC(=O)CCC(CSc1ccc(Oc2ccc(OC(F)(F)F)cc2)cc1)NC(=O)OCc1ccccc1. The highest BCUT2D eigenvalue weighted by atomic mass is 32.2. The van der Waals surface area contributed by atoms with E-state index in [1.807, 2.05) is 42.5 Å². The van der Waals surface area contributed by atoms with Crippen molar-refractivity contribution in [3.05, 3.63) is 84.4 Å². The van der Waals surface area contributed by atoms with Crippen LogP contribution < -0.4 is 14.8 Å². The molecule has 0 saturated carbocycles. The number of alkyl halides is 3.